The van der Waals surface area contributed by atoms with Gasteiger partial charge in [-0.3, -0.25) is 9.59 Å². The molecule has 1 aliphatic rings. The van der Waals surface area contributed by atoms with E-state index in [9.17, 15) is 14.7 Å². The third kappa shape index (κ3) is 4.52. The first kappa shape index (κ1) is 23.8. The van der Waals surface area contributed by atoms with Crippen molar-refractivity contribution in [2.24, 2.45) is 0 Å². The number of carbonyl (C=O) groups excluding carboxylic acids is 2. The first-order valence-corrected chi connectivity index (χ1v) is 10.9. The van der Waals surface area contributed by atoms with Crippen LogP contribution in [0.4, 0.5) is 0 Å². The fourth-order valence-electron chi connectivity index (χ4n) is 3.81. The molecule has 1 amide bonds. The summed E-state index contributed by atoms with van der Waals surface area (Å²) in [4.78, 5) is 27.5. The SMILES string of the molecule is COCCCN1C(=O)C(=O)/C(=C(\O)c2ccc(Br)c(C)c2)C1c1ccc(OC)c(OC)c1. The smallest absolute Gasteiger partial charge is 0.295 e. The topological polar surface area (TPSA) is 85.3 Å². The standard InChI is InChI=1S/C24H26BrNO6/c1-14-12-16(6-8-17(14)25)22(27)20-21(15-7-9-18(31-3)19(13-15)32-4)26(10-5-11-30-2)24(29)23(20)28/h6-9,12-13,21,27H,5,10-11H2,1-4H3/b22-20-. The Bertz CT molecular complexity index is 1060. The molecule has 0 bridgehead atoms. The second-order valence-electron chi connectivity index (χ2n) is 7.42. The number of Topliss-reactive ketones (excluding diaryl/α,β-unsaturated/α-hetero) is 1. The van der Waals surface area contributed by atoms with Crippen LogP contribution < -0.4 is 9.47 Å². The molecule has 1 fully saturated rings. The molecule has 1 saturated heterocycles. The van der Waals surface area contributed by atoms with E-state index in [1.807, 2.05) is 6.92 Å². The lowest BCUT2D eigenvalue weighted by Gasteiger charge is -2.26. The van der Waals surface area contributed by atoms with Gasteiger partial charge in [0.15, 0.2) is 11.5 Å². The van der Waals surface area contributed by atoms with Crippen LogP contribution in [0.1, 0.15) is 29.2 Å². The molecule has 7 nitrogen and oxygen atoms in total. The number of likely N-dealkylation sites (tertiary alicyclic amines) is 1. The highest BCUT2D eigenvalue weighted by Gasteiger charge is 2.46. The number of nitrogens with zero attached hydrogens (tertiary/aromatic N) is 1. The summed E-state index contributed by atoms with van der Waals surface area (Å²) in [5.41, 5.74) is 2.04. The third-order valence-electron chi connectivity index (χ3n) is 5.44. The molecule has 0 spiro atoms. The number of ketones is 1. The Labute approximate surface area is 195 Å². The number of aliphatic hydroxyl groups is 1. The normalized spacial score (nSPS) is 17.7. The second-order valence-corrected chi connectivity index (χ2v) is 8.27. The van der Waals surface area contributed by atoms with Crippen molar-refractivity contribution in [1.82, 2.24) is 4.90 Å². The van der Waals surface area contributed by atoms with E-state index in [1.165, 1.54) is 19.1 Å². The highest BCUT2D eigenvalue weighted by Crippen LogP contribution is 2.42. The summed E-state index contributed by atoms with van der Waals surface area (Å²) in [5.74, 6) is -0.604. The average Bonchev–Trinajstić information content (AvgIpc) is 3.05. The van der Waals surface area contributed by atoms with Crippen molar-refractivity contribution < 1.29 is 28.9 Å². The van der Waals surface area contributed by atoms with Gasteiger partial charge >= 0.3 is 0 Å². The number of rotatable bonds is 8. The van der Waals surface area contributed by atoms with Gasteiger partial charge in [0.25, 0.3) is 11.7 Å². The van der Waals surface area contributed by atoms with Crippen LogP contribution in [0, 0.1) is 6.92 Å². The second kappa shape index (κ2) is 10.2. The molecule has 8 heteroatoms. The molecular formula is C24H26BrNO6. The number of benzene rings is 2. The Hall–Kier alpha value is -2.84. The number of amides is 1. The molecule has 0 radical (unpaired) electrons. The number of carbonyl (C=O) groups is 2. The van der Waals surface area contributed by atoms with E-state index in [2.05, 4.69) is 15.9 Å². The van der Waals surface area contributed by atoms with Crippen LogP contribution in [0.15, 0.2) is 46.4 Å². The van der Waals surface area contributed by atoms with Crippen LogP contribution in [-0.2, 0) is 14.3 Å². The molecule has 2 aromatic rings. The van der Waals surface area contributed by atoms with Gasteiger partial charge in [-0.25, -0.2) is 0 Å². The van der Waals surface area contributed by atoms with Gasteiger partial charge in [-0.2, -0.15) is 0 Å². The maximum Gasteiger partial charge on any atom is 0.295 e. The molecule has 170 valence electrons. The zero-order valence-corrected chi connectivity index (χ0v) is 20.1. The molecule has 2 aromatic carbocycles. The third-order valence-corrected chi connectivity index (χ3v) is 6.33. The van der Waals surface area contributed by atoms with E-state index in [0.717, 1.165) is 10.0 Å². The molecule has 1 aliphatic heterocycles. The van der Waals surface area contributed by atoms with E-state index >= 15 is 0 Å². The predicted molar refractivity (Wildman–Crippen MR) is 124 cm³/mol. The van der Waals surface area contributed by atoms with E-state index in [1.54, 1.807) is 43.5 Å². The summed E-state index contributed by atoms with van der Waals surface area (Å²) in [5, 5.41) is 11.2. The van der Waals surface area contributed by atoms with E-state index in [4.69, 9.17) is 14.2 Å². The number of hydrogen-bond donors (Lipinski definition) is 1. The fraction of sp³-hybridized carbons (Fsp3) is 0.333. The average molecular weight is 504 g/mol. The summed E-state index contributed by atoms with van der Waals surface area (Å²) < 4.78 is 16.7. The summed E-state index contributed by atoms with van der Waals surface area (Å²) in [6, 6.07) is 9.70. The van der Waals surface area contributed by atoms with Crippen molar-refractivity contribution in [3.8, 4) is 11.5 Å². The molecular weight excluding hydrogens is 478 g/mol. The first-order valence-electron chi connectivity index (χ1n) is 10.1. The number of ether oxygens (including phenoxy) is 3. The van der Waals surface area contributed by atoms with Crippen molar-refractivity contribution in [2.45, 2.75) is 19.4 Å². The Balaban J connectivity index is 2.18. The Morgan fingerprint density at radius 2 is 1.78 bits per heavy atom. The number of hydrogen-bond acceptors (Lipinski definition) is 6. The van der Waals surface area contributed by atoms with Gasteiger partial charge in [-0.05, 0) is 48.7 Å². The molecule has 1 unspecified atom stereocenters. The Morgan fingerprint density at radius 3 is 2.41 bits per heavy atom. The van der Waals surface area contributed by atoms with E-state index in [-0.39, 0.29) is 11.3 Å². The quantitative estimate of drug-likeness (QED) is 0.251. The van der Waals surface area contributed by atoms with Crippen LogP contribution in [0.3, 0.4) is 0 Å². The van der Waals surface area contributed by atoms with Crippen molar-refractivity contribution >= 4 is 33.4 Å². The zero-order valence-electron chi connectivity index (χ0n) is 18.5. The van der Waals surface area contributed by atoms with Gasteiger partial charge in [-0.15, -0.1) is 0 Å². The maximum atomic E-state index is 13.1. The van der Waals surface area contributed by atoms with Gasteiger partial charge in [0.2, 0.25) is 0 Å². The molecule has 1 N–H and O–H groups in total. The molecule has 32 heavy (non-hydrogen) atoms. The number of aliphatic hydroxyl groups excluding tert-OH is 1. The van der Waals surface area contributed by atoms with Gasteiger partial charge in [0.1, 0.15) is 5.76 Å². The van der Waals surface area contributed by atoms with Crippen LogP contribution in [-0.4, -0.2) is 56.2 Å². The minimum Gasteiger partial charge on any atom is -0.507 e. The molecule has 0 saturated carbocycles. The number of halogens is 1. The lowest BCUT2D eigenvalue weighted by molar-refractivity contribution is -0.140. The van der Waals surface area contributed by atoms with Gasteiger partial charge in [-0.1, -0.05) is 28.1 Å². The van der Waals surface area contributed by atoms with Crippen molar-refractivity contribution in [3.05, 3.63) is 63.1 Å². The molecule has 0 aliphatic carbocycles. The fourth-order valence-corrected chi connectivity index (χ4v) is 4.05. The lowest BCUT2D eigenvalue weighted by atomic mass is 9.94. The highest BCUT2D eigenvalue weighted by atomic mass is 79.9. The van der Waals surface area contributed by atoms with Gasteiger partial charge < -0.3 is 24.2 Å². The van der Waals surface area contributed by atoms with Gasteiger partial charge in [0.05, 0.1) is 25.8 Å². The Kier molecular flexibility index (Phi) is 7.58. The maximum absolute atomic E-state index is 13.1. The van der Waals surface area contributed by atoms with E-state index < -0.39 is 17.7 Å². The van der Waals surface area contributed by atoms with Gasteiger partial charge in [0, 0.05) is 30.3 Å². The summed E-state index contributed by atoms with van der Waals surface area (Å²) in [6.07, 6.45) is 0.546. The first-order chi connectivity index (χ1) is 15.3. The predicted octanol–water partition coefficient (Wildman–Crippen LogP) is 4.23. The van der Waals surface area contributed by atoms with E-state index in [0.29, 0.717) is 42.2 Å². The minimum atomic E-state index is -0.768. The van der Waals surface area contributed by atoms with Crippen molar-refractivity contribution in [2.75, 3.05) is 34.5 Å². The molecule has 3 rings (SSSR count). The summed E-state index contributed by atoms with van der Waals surface area (Å²) in [7, 11) is 4.63. The number of methoxy groups -OCH3 is 3. The zero-order chi connectivity index (χ0) is 23.4. The monoisotopic (exact) mass is 503 g/mol. The summed E-state index contributed by atoms with van der Waals surface area (Å²) >= 11 is 3.44. The Morgan fingerprint density at radius 1 is 1.06 bits per heavy atom. The molecule has 0 aromatic heterocycles. The van der Waals surface area contributed by atoms with Crippen LogP contribution in [0.5, 0.6) is 11.5 Å². The van der Waals surface area contributed by atoms with Crippen LogP contribution in [0.25, 0.3) is 5.76 Å². The van der Waals surface area contributed by atoms with Crippen LogP contribution >= 0.6 is 15.9 Å². The number of aryl methyl sites for hydroxylation is 1. The lowest BCUT2D eigenvalue weighted by Crippen LogP contribution is -2.31. The highest BCUT2D eigenvalue weighted by molar-refractivity contribution is 9.10. The van der Waals surface area contributed by atoms with Crippen molar-refractivity contribution in [3.63, 3.8) is 0 Å². The molecule has 1 heterocycles. The largest absolute Gasteiger partial charge is 0.507 e. The summed E-state index contributed by atoms with van der Waals surface area (Å²) in [6.45, 7) is 2.62. The van der Waals surface area contributed by atoms with Crippen molar-refractivity contribution in [1.29, 1.82) is 0 Å². The van der Waals surface area contributed by atoms with Crippen LogP contribution in [0.2, 0.25) is 0 Å². The minimum absolute atomic E-state index is 0.0429. The molecule has 1 atom stereocenters.